The summed E-state index contributed by atoms with van der Waals surface area (Å²) in [6, 6.07) is 0.619. The van der Waals surface area contributed by atoms with E-state index in [1.54, 1.807) is 4.90 Å². The van der Waals surface area contributed by atoms with Crippen molar-refractivity contribution in [1.82, 2.24) is 20.2 Å². The number of aliphatic hydroxyl groups excluding tert-OH is 1. The number of rotatable bonds is 6. The lowest BCUT2D eigenvalue weighted by Gasteiger charge is -2.23. The number of hydrogen-bond acceptors (Lipinski definition) is 8. The zero-order valence-corrected chi connectivity index (χ0v) is 21.5. The van der Waals surface area contributed by atoms with E-state index in [1.165, 1.54) is 12.3 Å². The van der Waals surface area contributed by atoms with Crippen LogP contribution in [0.3, 0.4) is 0 Å². The number of nitrogens with one attached hydrogen (secondary N) is 2. The molecule has 0 aromatic carbocycles. The van der Waals surface area contributed by atoms with Crippen molar-refractivity contribution in [3.63, 3.8) is 0 Å². The van der Waals surface area contributed by atoms with Crippen molar-refractivity contribution in [1.29, 1.82) is 0 Å². The molecule has 196 valence electrons. The summed E-state index contributed by atoms with van der Waals surface area (Å²) in [6.45, 7) is 8.35. The molecule has 0 unspecified atom stereocenters. The van der Waals surface area contributed by atoms with E-state index in [2.05, 4.69) is 20.6 Å². The van der Waals surface area contributed by atoms with Gasteiger partial charge in [0.05, 0.1) is 30.2 Å². The van der Waals surface area contributed by atoms with Gasteiger partial charge in [0.25, 0.3) is 18.2 Å². The van der Waals surface area contributed by atoms with E-state index >= 15 is 0 Å². The van der Waals surface area contributed by atoms with Crippen molar-refractivity contribution >= 4 is 29.0 Å². The van der Waals surface area contributed by atoms with Gasteiger partial charge in [0.1, 0.15) is 11.5 Å². The fourth-order valence-electron chi connectivity index (χ4n) is 4.32. The Morgan fingerprint density at radius 2 is 2.06 bits per heavy atom. The van der Waals surface area contributed by atoms with Gasteiger partial charge in [-0.2, -0.15) is 0 Å². The summed E-state index contributed by atoms with van der Waals surface area (Å²) < 4.78 is 33.6. The smallest absolute Gasteiger partial charge is 0.280 e. The second kappa shape index (κ2) is 10.3. The molecule has 0 saturated carbocycles. The lowest BCUT2D eigenvalue weighted by Crippen LogP contribution is -2.42. The van der Waals surface area contributed by atoms with E-state index in [1.807, 2.05) is 27.7 Å². The Hall–Kier alpha value is -2.70. The van der Waals surface area contributed by atoms with Crippen LogP contribution >= 0.6 is 11.3 Å². The third kappa shape index (κ3) is 5.65. The monoisotopic (exact) mass is 523 g/mol. The first-order valence-electron chi connectivity index (χ1n) is 11.9. The number of hydrogen-bond donors (Lipinski definition) is 3. The molecule has 2 aliphatic rings. The lowest BCUT2D eigenvalue weighted by molar-refractivity contribution is 0.0742. The molecule has 4 rings (SSSR count). The number of thiazole rings is 1. The van der Waals surface area contributed by atoms with Crippen molar-refractivity contribution in [3.8, 4) is 10.4 Å². The van der Waals surface area contributed by atoms with E-state index in [0.717, 1.165) is 24.2 Å². The number of amides is 2. The molecule has 0 spiro atoms. The molecule has 2 saturated heterocycles. The molecule has 2 amide bonds. The van der Waals surface area contributed by atoms with Gasteiger partial charge in [0.2, 0.25) is 0 Å². The number of carbonyl (C=O) groups excluding carboxylic acids is 2. The molecule has 4 heterocycles. The number of alkyl halides is 2. The molecule has 2 fully saturated rings. The Morgan fingerprint density at radius 1 is 1.31 bits per heavy atom. The van der Waals surface area contributed by atoms with Gasteiger partial charge in [-0.3, -0.25) is 9.59 Å². The van der Waals surface area contributed by atoms with Crippen molar-refractivity contribution in [2.45, 2.75) is 70.7 Å². The average molecular weight is 524 g/mol. The van der Waals surface area contributed by atoms with E-state index in [0.29, 0.717) is 6.54 Å². The van der Waals surface area contributed by atoms with E-state index < -0.39 is 35.9 Å². The minimum Gasteiger partial charge on any atom is -0.388 e. The van der Waals surface area contributed by atoms with Crippen molar-refractivity contribution < 1.29 is 28.2 Å². The standard InChI is InChI=1S/C24H31F2N5O4S/c1-12-6-5-7-31(12)23(34)18-19(36-22(29-18)21(33)28-15-10-35-11-16(15)32)14-9-27-17(30-24(2,3)4)8-13(14)20(25)26/h8-9,12,15-16,20,32H,5-7,10-11H2,1-4H3,(H,27,30)(H,28,33)/t12-,15-,16+/m0/s1. The van der Waals surface area contributed by atoms with E-state index in [4.69, 9.17) is 4.74 Å². The molecular formula is C24H31F2N5O4S. The van der Waals surface area contributed by atoms with Crippen LogP contribution < -0.4 is 10.6 Å². The van der Waals surface area contributed by atoms with Gasteiger partial charge in [0, 0.05) is 35.4 Å². The molecule has 36 heavy (non-hydrogen) atoms. The van der Waals surface area contributed by atoms with Crippen LogP contribution in [0.1, 0.15) is 72.8 Å². The zero-order chi connectivity index (χ0) is 26.2. The highest BCUT2D eigenvalue weighted by Crippen LogP contribution is 2.39. The van der Waals surface area contributed by atoms with Crippen LogP contribution in [0.5, 0.6) is 0 Å². The highest BCUT2D eigenvalue weighted by molar-refractivity contribution is 7.17. The molecule has 0 radical (unpaired) electrons. The van der Waals surface area contributed by atoms with Gasteiger partial charge in [-0.25, -0.2) is 18.7 Å². The Labute approximate surface area is 212 Å². The Bertz CT molecular complexity index is 1140. The minimum absolute atomic E-state index is 0.0267. The largest absolute Gasteiger partial charge is 0.388 e. The van der Waals surface area contributed by atoms with Crippen LogP contribution in [0, 0.1) is 0 Å². The minimum atomic E-state index is -2.85. The summed E-state index contributed by atoms with van der Waals surface area (Å²) in [5.74, 6) is -0.742. The molecule has 2 aromatic heterocycles. The number of likely N-dealkylation sites (tertiary alicyclic amines) is 1. The summed E-state index contributed by atoms with van der Waals surface area (Å²) in [6.07, 6.45) is -0.755. The predicted octanol–water partition coefficient (Wildman–Crippen LogP) is 3.47. The fraction of sp³-hybridized carbons (Fsp3) is 0.583. The molecule has 0 aliphatic carbocycles. The van der Waals surface area contributed by atoms with E-state index in [-0.39, 0.29) is 51.8 Å². The van der Waals surface area contributed by atoms with Gasteiger partial charge in [-0.15, -0.1) is 11.3 Å². The quantitative estimate of drug-likeness (QED) is 0.531. The third-order valence-electron chi connectivity index (χ3n) is 6.12. The summed E-state index contributed by atoms with van der Waals surface area (Å²) in [5, 5.41) is 15.7. The van der Waals surface area contributed by atoms with Crippen LogP contribution in [-0.4, -0.2) is 75.3 Å². The van der Waals surface area contributed by atoms with Gasteiger partial charge >= 0.3 is 0 Å². The third-order valence-corrected chi connectivity index (χ3v) is 7.21. The number of aliphatic hydroxyl groups is 1. The molecule has 3 N–H and O–H groups in total. The topological polar surface area (TPSA) is 117 Å². The number of nitrogens with zero attached hydrogens (tertiary/aromatic N) is 3. The second-order valence-electron chi connectivity index (χ2n) is 10.2. The first kappa shape index (κ1) is 26.4. The van der Waals surface area contributed by atoms with Gasteiger partial charge in [-0.1, -0.05) is 0 Å². The number of carbonyl (C=O) groups is 2. The van der Waals surface area contributed by atoms with Crippen LogP contribution in [-0.2, 0) is 4.74 Å². The zero-order valence-electron chi connectivity index (χ0n) is 20.7. The molecular weight excluding hydrogens is 492 g/mol. The van der Waals surface area contributed by atoms with Gasteiger partial charge in [0.15, 0.2) is 5.01 Å². The summed E-state index contributed by atoms with van der Waals surface area (Å²) in [5.41, 5.74) is -0.705. The van der Waals surface area contributed by atoms with Crippen LogP contribution in [0.2, 0.25) is 0 Å². The first-order chi connectivity index (χ1) is 16.9. The van der Waals surface area contributed by atoms with E-state index in [9.17, 15) is 23.5 Å². The molecule has 9 nitrogen and oxygen atoms in total. The lowest BCUT2D eigenvalue weighted by atomic mass is 10.1. The van der Waals surface area contributed by atoms with Crippen LogP contribution in [0.4, 0.5) is 14.6 Å². The van der Waals surface area contributed by atoms with Crippen molar-refractivity contribution in [2.24, 2.45) is 0 Å². The number of ether oxygens (including phenoxy) is 1. The molecule has 12 heteroatoms. The fourth-order valence-corrected chi connectivity index (χ4v) is 5.31. The molecule has 0 bridgehead atoms. The molecule has 2 aliphatic heterocycles. The maximum atomic E-state index is 14.2. The molecule has 2 aromatic rings. The second-order valence-corrected chi connectivity index (χ2v) is 11.2. The normalized spacial score (nSPS) is 22.3. The highest BCUT2D eigenvalue weighted by Gasteiger charge is 2.34. The SMILES string of the molecule is C[C@H]1CCCN1C(=O)c1nc(C(=O)N[C@H]2COC[C@H]2O)sc1-c1cnc(NC(C)(C)C)cc1C(F)F. The van der Waals surface area contributed by atoms with Crippen molar-refractivity contribution in [2.75, 3.05) is 25.1 Å². The first-order valence-corrected chi connectivity index (χ1v) is 12.7. The maximum Gasteiger partial charge on any atom is 0.280 e. The average Bonchev–Trinajstić information content (AvgIpc) is 3.52. The number of aromatic nitrogens is 2. The number of halogens is 2. The predicted molar refractivity (Wildman–Crippen MR) is 131 cm³/mol. The maximum absolute atomic E-state index is 14.2. The number of pyridine rings is 1. The van der Waals surface area contributed by atoms with Gasteiger partial charge in [-0.05, 0) is 46.6 Å². The van der Waals surface area contributed by atoms with Crippen LogP contribution in [0.15, 0.2) is 12.3 Å². The molecule has 3 atom stereocenters. The van der Waals surface area contributed by atoms with Gasteiger partial charge < -0.3 is 25.4 Å². The summed E-state index contributed by atoms with van der Waals surface area (Å²) >= 11 is 0.857. The van der Waals surface area contributed by atoms with Crippen LogP contribution in [0.25, 0.3) is 10.4 Å². The Kier molecular flexibility index (Phi) is 7.58. The van der Waals surface area contributed by atoms with Crippen molar-refractivity contribution in [3.05, 3.63) is 28.5 Å². The highest BCUT2D eigenvalue weighted by atomic mass is 32.1. The number of anilines is 1. The Balaban J connectivity index is 1.76. The summed E-state index contributed by atoms with van der Waals surface area (Å²) in [7, 11) is 0. The Morgan fingerprint density at radius 3 is 2.64 bits per heavy atom. The summed E-state index contributed by atoms with van der Waals surface area (Å²) in [4.78, 5) is 36.9.